The molecular formula is C13H22Cl2O3. The van der Waals surface area contributed by atoms with Gasteiger partial charge in [0.2, 0.25) is 0 Å². The van der Waals surface area contributed by atoms with E-state index in [4.69, 9.17) is 37.4 Å². The van der Waals surface area contributed by atoms with Gasteiger partial charge in [-0.2, -0.15) is 0 Å². The molecule has 0 aliphatic heterocycles. The first-order valence-corrected chi connectivity index (χ1v) is 6.92. The van der Waals surface area contributed by atoms with Crippen molar-refractivity contribution in [3.05, 3.63) is 22.7 Å². The zero-order valence-electron chi connectivity index (χ0n) is 11.2. The normalized spacial score (nSPS) is 12.1. The highest BCUT2D eigenvalue weighted by molar-refractivity contribution is 6.55. The second kappa shape index (κ2) is 10.8. The highest BCUT2D eigenvalue weighted by Crippen LogP contribution is 2.21. The van der Waals surface area contributed by atoms with E-state index in [1.807, 2.05) is 26.8 Å². The maximum atomic E-state index is 5.69. The lowest BCUT2D eigenvalue weighted by Gasteiger charge is -2.30. The van der Waals surface area contributed by atoms with E-state index in [0.717, 1.165) is 0 Å². The number of allylic oxidation sites excluding steroid dienone is 2. The zero-order chi connectivity index (χ0) is 13.9. The summed E-state index contributed by atoms with van der Waals surface area (Å²) in [6.07, 6.45) is 5.74. The van der Waals surface area contributed by atoms with Crippen molar-refractivity contribution in [3.8, 4) is 0 Å². The van der Waals surface area contributed by atoms with Crippen LogP contribution in [0.1, 0.15) is 27.2 Å². The molecule has 18 heavy (non-hydrogen) atoms. The van der Waals surface area contributed by atoms with Gasteiger partial charge in [0.05, 0.1) is 6.61 Å². The van der Waals surface area contributed by atoms with Gasteiger partial charge in [0, 0.05) is 26.2 Å². The van der Waals surface area contributed by atoms with Crippen molar-refractivity contribution in [3.63, 3.8) is 0 Å². The summed E-state index contributed by atoms with van der Waals surface area (Å²) in [6, 6.07) is 0. The molecule has 0 bridgehead atoms. The SMILES string of the molecule is CCOCCC(/C=C/C=C(Cl)Cl)(OCC)OCC. The maximum Gasteiger partial charge on any atom is 0.190 e. The maximum absolute atomic E-state index is 5.69. The number of ether oxygens (including phenoxy) is 3. The van der Waals surface area contributed by atoms with Gasteiger partial charge in [-0.15, -0.1) is 0 Å². The second-order valence-electron chi connectivity index (χ2n) is 3.44. The van der Waals surface area contributed by atoms with Crippen molar-refractivity contribution in [1.29, 1.82) is 0 Å². The number of hydrogen-bond donors (Lipinski definition) is 0. The van der Waals surface area contributed by atoms with Gasteiger partial charge in [-0.05, 0) is 32.9 Å². The standard InChI is InChI=1S/C13H22Cl2O3/c1-4-16-11-10-13(17-5-2,18-6-3)9-7-8-12(14)15/h7-9H,4-6,10-11H2,1-3H3/b9-7+. The first kappa shape index (κ1) is 17.9. The van der Waals surface area contributed by atoms with Gasteiger partial charge in [0.15, 0.2) is 5.79 Å². The molecule has 0 aliphatic rings. The molecule has 0 aromatic rings. The number of hydrogen-bond acceptors (Lipinski definition) is 3. The van der Waals surface area contributed by atoms with Crippen LogP contribution < -0.4 is 0 Å². The molecule has 0 rings (SSSR count). The lowest BCUT2D eigenvalue weighted by atomic mass is 10.1. The highest BCUT2D eigenvalue weighted by Gasteiger charge is 2.27. The second-order valence-corrected chi connectivity index (χ2v) is 4.45. The molecule has 0 spiro atoms. The minimum Gasteiger partial charge on any atom is -0.382 e. The molecule has 0 fully saturated rings. The topological polar surface area (TPSA) is 27.7 Å². The molecule has 0 atom stereocenters. The fraction of sp³-hybridized carbons (Fsp3) is 0.692. The minimum absolute atomic E-state index is 0.193. The Morgan fingerprint density at radius 1 is 1.06 bits per heavy atom. The summed E-state index contributed by atoms with van der Waals surface area (Å²) in [5.74, 6) is -0.779. The molecule has 0 saturated carbocycles. The van der Waals surface area contributed by atoms with Crippen molar-refractivity contribution in [2.24, 2.45) is 0 Å². The van der Waals surface area contributed by atoms with E-state index in [1.54, 1.807) is 12.2 Å². The fourth-order valence-corrected chi connectivity index (χ4v) is 1.63. The third kappa shape index (κ3) is 8.11. The Kier molecular flexibility index (Phi) is 10.8. The summed E-state index contributed by atoms with van der Waals surface area (Å²) in [4.78, 5) is 0. The Bertz CT molecular complexity index is 255. The quantitative estimate of drug-likeness (QED) is 0.346. The fourth-order valence-electron chi connectivity index (χ4n) is 1.48. The van der Waals surface area contributed by atoms with Crippen molar-refractivity contribution in [2.45, 2.75) is 33.0 Å². The molecule has 3 nitrogen and oxygen atoms in total. The van der Waals surface area contributed by atoms with Gasteiger partial charge < -0.3 is 14.2 Å². The minimum atomic E-state index is -0.779. The Morgan fingerprint density at radius 3 is 2.11 bits per heavy atom. The van der Waals surface area contributed by atoms with Gasteiger partial charge in [0.25, 0.3) is 0 Å². The monoisotopic (exact) mass is 296 g/mol. The lowest BCUT2D eigenvalue weighted by molar-refractivity contribution is -0.208. The van der Waals surface area contributed by atoms with E-state index in [1.165, 1.54) is 0 Å². The molecular weight excluding hydrogens is 275 g/mol. The summed E-state index contributed by atoms with van der Waals surface area (Å²) in [6.45, 7) is 8.14. The molecule has 0 radical (unpaired) electrons. The van der Waals surface area contributed by atoms with Crippen LogP contribution in [0.15, 0.2) is 22.7 Å². The summed E-state index contributed by atoms with van der Waals surface area (Å²) < 4.78 is 16.9. The molecule has 5 heteroatoms. The van der Waals surface area contributed by atoms with Crippen LogP contribution in [-0.2, 0) is 14.2 Å². The highest BCUT2D eigenvalue weighted by atomic mass is 35.5. The lowest BCUT2D eigenvalue weighted by Crippen LogP contribution is -2.35. The van der Waals surface area contributed by atoms with Gasteiger partial charge in [-0.3, -0.25) is 0 Å². The van der Waals surface area contributed by atoms with Crippen LogP contribution >= 0.6 is 23.2 Å². The number of halogens is 2. The van der Waals surface area contributed by atoms with Gasteiger partial charge in [-0.25, -0.2) is 0 Å². The van der Waals surface area contributed by atoms with Crippen molar-refractivity contribution in [1.82, 2.24) is 0 Å². The first-order valence-electron chi connectivity index (χ1n) is 6.16. The Morgan fingerprint density at radius 2 is 1.67 bits per heavy atom. The van der Waals surface area contributed by atoms with E-state index >= 15 is 0 Å². The Balaban J connectivity index is 4.71. The van der Waals surface area contributed by atoms with Gasteiger partial charge in [0.1, 0.15) is 4.49 Å². The third-order valence-electron chi connectivity index (χ3n) is 2.15. The predicted octanol–water partition coefficient (Wildman–Crippen LogP) is 4.06. The summed E-state index contributed by atoms with van der Waals surface area (Å²) in [5, 5.41) is 0. The van der Waals surface area contributed by atoms with Crippen LogP contribution in [0.4, 0.5) is 0 Å². The predicted molar refractivity (Wildman–Crippen MR) is 76.0 cm³/mol. The van der Waals surface area contributed by atoms with Crippen molar-refractivity contribution < 1.29 is 14.2 Å². The van der Waals surface area contributed by atoms with Crippen LogP contribution in [0.2, 0.25) is 0 Å². The number of rotatable bonds is 10. The van der Waals surface area contributed by atoms with Gasteiger partial charge in [-0.1, -0.05) is 29.3 Å². The molecule has 0 heterocycles. The average molecular weight is 297 g/mol. The molecule has 0 aliphatic carbocycles. The smallest absolute Gasteiger partial charge is 0.190 e. The van der Waals surface area contributed by atoms with Gasteiger partial charge >= 0.3 is 0 Å². The molecule has 0 N–H and O–H groups in total. The van der Waals surface area contributed by atoms with Crippen LogP contribution in [0.5, 0.6) is 0 Å². The molecule has 0 saturated heterocycles. The van der Waals surface area contributed by atoms with E-state index in [-0.39, 0.29) is 4.49 Å². The van der Waals surface area contributed by atoms with E-state index < -0.39 is 5.79 Å². The molecule has 0 aromatic heterocycles. The van der Waals surface area contributed by atoms with Crippen molar-refractivity contribution in [2.75, 3.05) is 26.4 Å². The first-order chi connectivity index (χ1) is 8.60. The van der Waals surface area contributed by atoms with Crippen molar-refractivity contribution >= 4 is 23.2 Å². The largest absolute Gasteiger partial charge is 0.382 e. The van der Waals surface area contributed by atoms with Crippen LogP contribution in [0.25, 0.3) is 0 Å². The van der Waals surface area contributed by atoms with E-state index in [9.17, 15) is 0 Å². The zero-order valence-corrected chi connectivity index (χ0v) is 12.8. The Labute approximate surface area is 120 Å². The third-order valence-corrected chi connectivity index (χ3v) is 2.40. The average Bonchev–Trinajstić information content (AvgIpc) is 2.29. The molecule has 0 unspecified atom stereocenters. The van der Waals surface area contributed by atoms with E-state index in [0.29, 0.717) is 32.8 Å². The summed E-state index contributed by atoms with van der Waals surface area (Å²) >= 11 is 11.1. The van der Waals surface area contributed by atoms with Crippen LogP contribution in [0.3, 0.4) is 0 Å². The summed E-state index contributed by atoms with van der Waals surface area (Å²) in [5.41, 5.74) is 0. The van der Waals surface area contributed by atoms with E-state index in [2.05, 4.69) is 0 Å². The molecule has 106 valence electrons. The molecule has 0 aromatic carbocycles. The van der Waals surface area contributed by atoms with Crippen LogP contribution in [0, 0.1) is 0 Å². The summed E-state index contributed by atoms with van der Waals surface area (Å²) in [7, 11) is 0. The Hall–Kier alpha value is -0.0600. The molecule has 0 amide bonds. The van der Waals surface area contributed by atoms with Crippen LogP contribution in [-0.4, -0.2) is 32.2 Å².